The molecule has 0 aliphatic heterocycles. The second-order valence-corrected chi connectivity index (χ2v) is 5.86. The van der Waals surface area contributed by atoms with E-state index in [1.54, 1.807) is 11.3 Å². The number of nitrogens with zero attached hydrogens (tertiary/aromatic N) is 2. The number of aromatic nitrogens is 2. The molecule has 3 nitrogen and oxygen atoms in total. The summed E-state index contributed by atoms with van der Waals surface area (Å²) in [4.78, 5) is 5.40. The summed E-state index contributed by atoms with van der Waals surface area (Å²) < 4.78 is 3.46. The van der Waals surface area contributed by atoms with Crippen molar-refractivity contribution >= 4 is 26.5 Å². The summed E-state index contributed by atoms with van der Waals surface area (Å²) in [7, 11) is 0. The predicted molar refractivity (Wildman–Crippen MR) is 77.2 cm³/mol. The molecule has 2 aromatic heterocycles. The topological polar surface area (TPSA) is 43.3 Å². The van der Waals surface area contributed by atoms with Crippen LogP contribution in [0, 0.1) is 0 Å². The summed E-state index contributed by atoms with van der Waals surface area (Å²) in [6.45, 7) is 2.07. The van der Waals surface area contributed by atoms with Crippen LogP contribution in [0.1, 0.15) is 25.3 Å². The van der Waals surface area contributed by atoms with Crippen LogP contribution in [0.3, 0.4) is 0 Å². The van der Waals surface area contributed by atoms with Crippen molar-refractivity contribution in [2.24, 2.45) is 5.73 Å². The summed E-state index contributed by atoms with van der Waals surface area (Å²) in [6.07, 6.45) is 7.22. The molecule has 2 heterocycles. The molecule has 0 bridgehead atoms. The predicted octanol–water partition coefficient (Wildman–Crippen LogP) is 3.22. The second kappa shape index (κ2) is 4.71. The molecular formula is C14H17N3S. The van der Waals surface area contributed by atoms with Crippen molar-refractivity contribution in [2.75, 3.05) is 0 Å². The number of hydrogen-bond donors (Lipinski definition) is 1. The van der Waals surface area contributed by atoms with Crippen molar-refractivity contribution in [3.63, 3.8) is 0 Å². The molecule has 0 aliphatic rings. The minimum Gasteiger partial charge on any atom is -0.328 e. The molecule has 0 saturated carbocycles. The van der Waals surface area contributed by atoms with Gasteiger partial charge in [0.1, 0.15) is 0 Å². The highest BCUT2D eigenvalue weighted by Gasteiger charge is 2.05. The minimum absolute atomic E-state index is 0.304. The minimum atomic E-state index is 0.304. The SMILES string of the molecule is CC(N)CCCc1ccc2c(c1)sc1nccn12. The highest BCUT2D eigenvalue weighted by Crippen LogP contribution is 2.26. The van der Waals surface area contributed by atoms with Gasteiger partial charge in [0.05, 0.1) is 10.2 Å². The molecule has 94 valence electrons. The largest absolute Gasteiger partial charge is 0.328 e. The van der Waals surface area contributed by atoms with Gasteiger partial charge in [-0.2, -0.15) is 0 Å². The van der Waals surface area contributed by atoms with Crippen LogP contribution in [0.4, 0.5) is 0 Å². The number of rotatable bonds is 4. The first kappa shape index (κ1) is 11.7. The maximum atomic E-state index is 5.77. The molecule has 1 unspecified atom stereocenters. The van der Waals surface area contributed by atoms with E-state index in [1.807, 2.05) is 12.4 Å². The number of thiazole rings is 1. The van der Waals surface area contributed by atoms with Gasteiger partial charge in [0.25, 0.3) is 0 Å². The number of imidazole rings is 1. The smallest absolute Gasteiger partial charge is 0.194 e. The quantitative estimate of drug-likeness (QED) is 0.781. The zero-order valence-corrected chi connectivity index (χ0v) is 11.3. The summed E-state index contributed by atoms with van der Waals surface area (Å²) in [6, 6.07) is 7.01. The molecule has 0 saturated heterocycles. The van der Waals surface area contributed by atoms with Crippen molar-refractivity contribution in [3.05, 3.63) is 36.2 Å². The fourth-order valence-corrected chi connectivity index (χ4v) is 3.32. The van der Waals surface area contributed by atoms with Crippen molar-refractivity contribution in [1.82, 2.24) is 9.38 Å². The van der Waals surface area contributed by atoms with E-state index in [0.29, 0.717) is 6.04 Å². The van der Waals surface area contributed by atoms with Crippen LogP contribution >= 0.6 is 11.3 Å². The Kier molecular flexibility index (Phi) is 3.06. The Morgan fingerprint density at radius 2 is 2.33 bits per heavy atom. The highest BCUT2D eigenvalue weighted by molar-refractivity contribution is 7.23. The van der Waals surface area contributed by atoms with Crippen molar-refractivity contribution in [3.8, 4) is 0 Å². The van der Waals surface area contributed by atoms with Crippen LogP contribution in [-0.4, -0.2) is 15.4 Å². The first-order valence-corrected chi connectivity index (χ1v) is 7.16. The normalized spacial score (nSPS) is 13.4. The molecule has 4 heteroatoms. The Hall–Kier alpha value is -1.39. The van der Waals surface area contributed by atoms with Gasteiger partial charge in [-0.05, 0) is 43.9 Å². The van der Waals surface area contributed by atoms with Crippen LogP contribution in [0.2, 0.25) is 0 Å². The van der Waals surface area contributed by atoms with Crippen molar-refractivity contribution in [2.45, 2.75) is 32.2 Å². The van der Waals surface area contributed by atoms with Gasteiger partial charge in [-0.1, -0.05) is 17.4 Å². The maximum Gasteiger partial charge on any atom is 0.194 e. The number of benzene rings is 1. The molecular weight excluding hydrogens is 242 g/mol. The third kappa shape index (κ3) is 2.13. The van der Waals surface area contributed by atoms with Gasteiger partial charge < -0.3 is 5.73 Å². The van der Waals surface area contributed by atoms with E-state index >= 15 is 0 Å². The Morgan fingerprint density at radius 1 is 1.44 bits per heavy atom. The summed E-state index contributed by atoms with van der Waals surface area (Å²) in [5.41, 5.74) is 8.42. The first-order valence-electron chi connectivity index (χ1n) is 6.34. The van der Waals surface area contributed by atoms with E-state index in [9.17, 15) is 0 Å². The van der Waals surface area contributed by atoms with Gasteiger partial charge in [0.15, 0.2) is 4.96 Å². The van der Waals surface area contributed by atoms with E-state index < -0.39 is 0 Å². The molecule has 1 aromatic carbocycles. The Balaban J connectivity index is 1.86. The second-order valence-electron chi connectivity index (χ2n) is 4.85. The van der Waals surface area contributed by atoms with Gasteiger partial charge >= 0.3 is 0 Å². The molecule has 0 radical (unpaired) electrons. The van der Waals surface area contributed by atoms with Crippen molar-refractivity contribution in [1.29, 1.82) is 0 Å². The monoisotopic (exact) mass is 259 g/mol. The zero-order chi connectivity index (χ0) is 12.5. The molecule has 3 aromatic rings. The van der Waals surface area contributed by atoms with Gasteiger partial charge in [-0.25, -0.2) is 4.98 Å². The van der Waals surface area contributed by atoms with Crippen molar-refractivity contribution < 1.29 is 0 Å². The molecule has 18 heavy (non-hydrogen) atoms. The van der Waals surface area contributed by atoms with Crippen LogP contribution in [0.15, 0.2) is 30.6 Å². The average molecular weight is 259 g/mol. The molecule has 0 fully saturated rings. The van der Waals surface area contributed by atoms with Crippen LogP contribution in [-0.2, 0) is 6.42 Å². The van der Waals surface area contributed by atoms with Gasteiger partial charge in [0, 0.05) is 18.4 Å². The van der Waals surface area contributed by atoms with E-state index in [-0.39, 0.29) is 0 Å². The lowest BCUT2D eigenvalue weighted by atomic mass is 10.1. The summed E-state index contributed by atoms with van der Waals surface area (Å²) in [5.74, 6) is 0. The molecule has 0 amide bonds. The number of aryl methyl sites for hydroxylation is 1. The lowest BCUT2D eigenvalue weighted by molar-refractivity contribution is 0.624. The first-order chi connectivity index (χ1) is 8.74. The van der Waals surface area contributed by atoms with E-state index in [2.05, 4.69) is 34.5 Å². The molecule has 0 aliphatic carbocycles. The molecule has 2 N–H and O–H groups in total. The highest BCUT2D eigenvalue weighted by atomic mass is 32.1. The lowest BCUT2D eigenvalue weighted by Crippen LogP contribution is -2.14. The van der Waals surface area contributed by atoms with Gasteiger partial charge in [-0.3, -0.25) is 4.40 Å². The van der Waals surface area contributed by atoms with Crippen LogP contribution < -0.4 is 5.73 Å². The Morgan fingerprint density at radius 3 is 3.17 bits per heavy atom. The average Bonchev–Trinajstić information content (AvgIpc) is 2.87. The Labute approximate surface area is 110 Å². The van der Waals surface area contributed by atoms with E-state index in [1.165, 1.54) is 15.8 Å². The third-order valence-corrected chi connectivity index (χ3v) is 4.25. The summed E-state index contributed by atoms with van der Waals surface area (Å²) >= 11 is 1.75. The maximum absolute atomic E-state index is 5.77. The Bertz CT molecular complexity index is 666. The molecule has 1 atom stereocenters. The molecule has 3 rings (SSSR count). The molecule has 0 spiro atoms. The van der Waals surface area contributed by atoms with Gasteiger partial charge in [-0.15, -0.1) is 0 Å². The zero-order valence-electron chi connectivity index (χ0n) is 10.5. The third-order valence-electron chi connectivity index (χ3n) is 3.22. The van der Waals surface area contributed by atoms with E-state index in [0.717, 1.165) is 24.2 Å². The number of hydrogen-bond acceptors (Lipinski definition) is 3. The fraction of sp³-hybridized carbons (Fsp3) is 0.357. The van der Waals surface area contributed by atoms with E-state index in [4.69, 9.17) is 5.73 Å². The fourth-order valence-electron chi connectivity index (χ4n) is 2.27. The lowest BCUT2D eigenvalue weighted by Gasteiger charge is -2.04. The summed E-state index contributed by atoms with van der Waals surface area (Å²) in [5, 5.41) is 0. The number of nitrogens with two attached hydrogens (primary N) is 1. The standard InChI is InChI=1S/C14H17N3S/c1-10(15)3-2-4-11-5-6-12-13(9-11)18-14-16-7-8-17(12)14/h5-10H,2-4,15H2,1H3. The van der Waals surface area contributed by atoms with Gasteiger partial charge in [0.2, 0.25) is 0 Å². The van der Waals surface area contributed by atoms with Crippen LogP contribution in [0.5, 0.6) is 0 Å². The van der Waals surface area contributed by atoms with Crippen LogP contribution in [0.25, 0.3) is 15.2 Å². The number of fused-ring (bicyclic) bond motifs is 3.